The molecule has 1 unspecified atom stereocenters. The van der Waals surface area contributed by atoms with Crippen LogP contribution in [0, 0.1) is 6.92 Å². The van der Waals surface area contributed by atoms with Crippen LogP contribution in [0.1, 0.15) is 24.1 Å². The molecule has 6 nitrogen and oxygen atoms in total. The van der Waals surface area contributed by atoms with E-state index in [0.29, 0.717) is 11.4 Å². The lowest BCUT2D eigenvalue weighted by Gasteiger charge is -2.29. The van der Waals surface area contributed by atoms with Crippen LogP contribution >= 0.6 is 15.9 Å². The molecule has 1 fully saturated rings. The van der Waals surface area contributed by atoms with Crippen LogP contribution in [0.15, 0.2) is 39.7 Å². The Hall–Kier alpha value is -1.71. The molecule has 1 aliphatic heterocycles. The summed E-state index contributed by atoms with van der Waals surface area (Å²) >= 11 is 3.52. The van der Waals surface area contributed by atoms with E-state index in [4.69, 9.17) is 0 Å². The van der Waals surface area contributed by atoms with Crippen molar-refractivity contribution in [2.45, 2.75) is 24.7 Å². The first kappa shape index (κ1) is 21.0. The first-order valence-electron chi connectivity index (χ1n) is 9.13. The van der Waals surface area contributed by atoms with Crippen LogP contribution in [0.5, 0.6) is 0 Å². The van der Waals surface area contributed by atoms with Crippen LogP contribution in [0.25, 0.3) is 0 Å². The average molecular weight is 471 g/mol. The van der Waals surface area contributed by atoms with E-state index < -0.39 is 16.7 Å². The number of halogens is 2. The maximum absolute atomic E-state index is 12.8. The van der Waals surface area contributed by atoms with Gasteiger partial charge in [-0.15, -0.1) is 0 Å². The summed E-state index contributed by atoms with van der Waals surface area (Å²) in [6.07, 6.45) is 0. The minimum atomic E-state index is -3.77. The fraction of sp³-hybridized carbons (Fsp3) is 0.421. The molecule has 1 aromatic carbocycles. The number of anilines is 2. The van der Waals surface area contributed by atoms with Gasteiger partial charge in [0.1, 0.15) is 5.82 Å². The third-order valence-electron chi connectivity index (χ3n) is 4.80. The number of nitrogens with zero attached hydrogens (tertiary/aromatic N) is 2. The molecule has 2 aromatic rings. The number of aromatic nitrogens is 1. The van der Waals surface area contributed by atoms with Crippen LogP contribution in [0.2, 0.25) is 0 Å². The van der Waals surface area contributed by atoms with Gasteiger partial charge in [-0.1, -0.05) is 19.1 Å². The highest BCUT2D eigenvalue weighted by atomic mass is 79.9. The molecular formula is C19H24BrFN4O2S. The molecule has 2 N–H and O–H groups in total. The van der Waals surface area contributed by atoms with E-state index in [1.165, 1.54) is 12.1 Å². The van der Waals surface area contributed by atoms with Crippen molar-refractivity contribution in [3.63, 3.8) is 0 Å². The lowest BCUT2D eigenvalue weighted by atomic mass is 10.0. The Labute approximate surface area is 173 Å². The molecule has 1 saturated heterocycles. The summed E-state index contributed by atoms with van der Waals surface area (Å²) in [6, 6.07) is 8.03. The van der Waals surface area contributed by atoms with Gasteiger partial charge < -0.3 is 10.2 Å². The van der Waals surface area contributed by atoms with Crippen LogP contribution in [0.4, 0.5) is 15.9 Å². The minimum Gasteiger partial charge on any atom is -0.353 e. The molecule has 1 aromatic heterocycles. The molecule has 9 heteroatoms. The number of aryl methyl sites for hydroxylation is 1. The summed E-state index contributed by atoms with van der Waals surface area (Å²) < 4.78 is 41.7. The van der Waals surface area contributed by atoms with Crippen molar-refractivity contribution in [3.05, 3.63) is 46.1 Å². The van der Waals surface area contributed by atoms with E-state index in [1.807, 2.05) is 0 Å². The quantitative estimate of drug-likeness (QED) is 0.676. The minimum absolute atomic E-state index is 0.129. The van der Waals surface area contributed by atoms with Crippen molar-refractivity contribution in [1.29, 1.82) is 0 Å². The Morgan fingerprint density at radius 2 is 1.93 bits per heavy atom. The molecule has 28 heavy (non-hydrogen) atoms. The standard InChI is InChI=1S/C19H24BrFN4O2S/c1-13(12-21)15-3-5-16(6-4-15)28(26,27)24-18-11-17(20)19(23-14(18)2)25-9-7-22-8-10-25/h3-6,11,13,22,24H,7-10,12H2,1-2H3. The second kappa shape index (κ2) is 8.75. The summed E-state index contributed by atoms with van der Waals surface area (Å²) in [6.45, 7) is 6.52. The largest absolute Gasteiger partial charge is 0.353 e. The maximum atomic E-state index is 12.8. The number of sulfonamides is 1. The predicted molar refractivity (Wildman–Crippen MR) is 113 cm³/mol. The summed E-state index contributed by atoms with van der Waals surface area (Å²) in [5.41, 5.74) is 1.79. The number of nitrogens with one attached hydrogen (secondary N) is 2. The molecule has 0 bridgehead atoms. The number of hydrogen-bond acceptors (Lipinski definition) is 5. The smallest absolute Gasteiger partial charge is 0.261 e. The number of alkyl halides is 1. The Morgan fingerprint density at radius 3 is 2.54 bits per heavy atom. The Balaban J connectivity index is 1.83. The molecule has 1 aliphatic rings. The van der Waals surface area contributed by atoms with E-state index in [1.54, 1.807) is 32.0 Å². The van der Waals surface area contributed by atoms with Gasteiger partial charge in [0.25, 0.3) is 10.0 Å². The van der Waals surface area contributed by atoms with Crippen molar-refractivity contribution in [3.8, 4) is 0 Å². The summed E-state index contributed by atoms with van der Waals surface area (Å²) in [5, 5.41) is 3.30. The van der Waals surface area contributed by atoms with Crippen LogP contribution in [0.3, 0.4) is 0 Å². The predicted octanol–water partition coefficient (Wildman–Crippen LogP) is 3.44. The van der Waals surface area contributed by atoms with Gasteiger partial charge in [0.05, 0.1) is 27.4 Å². The third kappa shape index (κ3) is 4.64. The zero-order chi connectivity index (χ0) is 20.3. The molecule has 0 saturated carbocycles. The second-order valence-electron chi connectivity index (χ2n) is 6.89. The van der Waals surface area contributed by atoms with Gasteiger partial charge in [0, 0.05) is 32.1 Å². The summed E-state index contributed by atoms with van der Waals surface area (Å²) in [7, 11) is -3.77. The van der Waals surface area contributed by atoms with Crippen molar-refractivity contribution in [2.24, 2.45) is 0 Å². The fourth-order valence-corrected chi connectivity index (χ4v) is 4.71. The normalized spacial score (nSPS) is 16.1. The molecular weight excluding hydrogens is 447 g/mol. The maximum Gasteiger partial charge on any atom is 0.261 e. The van der Waals surface area contributed by atoms with E-state index in [-0.39, 0.29) is 10.8 Å². The van der Waals surface area contributed by atoms with E-state index in [9.17, 15) is 12.8 Å². The van der Waals surface area contributed by atoms with Gasteiger partial charge in [-0.05, 0) is 46.6 Å². The highest BCUT2D eigenvalue weighted by Crippen LogP contribution is 2.30. The Kier molecular flexibility index (Phi) is 6.57. The Morgan fingerprint density at radius 1 is 1.29 bits per heavy atom. The lowest BCUT2D eigenvalue weighted by Crippen LogP contribution is -2.44. The van der Waals surface area contributed by atoms with Crippen molar-refractivity contribution >= 4 is 37.5 Å². The fourth-order valence-electron chi connectivity index (χ4n) is 3.04. The molecule has 0 spiro atoms. The number of hydrogen-bond donors (Lipinski definition) is 2. The van der Waals surface area contributed by atoms with Gasteiger partial charge in [0.15, 0.2) is 0 Å². The van der Waals surface area contributed by atoms with Crippen LogP contribution in [-0.2, 0) is 10.0 Å². The van der Waals surface area contributed by atoms with Crippen molar-refractivity contribution in [1.82, 2.24) is 10.3 Å². The van der Waals surface area contributed by atoms with Gasteiger partial charge >= 0.3 is 0 Å². The molecule has 152 valence electrons. The number of piperazine rings is 1. The highest BCUT2D eigenvalue weighted by molar-refractivity contribution is 9.10. The third-order valence-corrected chi connectivity index (χ3v) is 6.76. The molecule has 0 aliphatic carbocycles. The molecule has 3 rings (SSSR count). The molecule has 0 radical (unpaired) electrons. The SMILES string of the molecule is Cc1nc(N2CCNCC2)c(Br)cc1NS(=O)(=O)c1ccc(C(C)CF)cc1. The zero-order valence-corrected chi connectivity index (χ0v) is 18.3. The molecule has 2 heterocycles. The van der Waals surface area contributed by atoms with Gasteiger partial charge in [0.2, 0.25) is 0 Å². The molecule has 0 amide bonds. The monoisotopic (exact) mass is 470 g/mol. The lowest BCUT2D eigenvalue weighted by molar-refractivity contribution is 0.447. The first-order valence-corrected chi connectivity index (χ1v) is 11.4. The second-order valence-corrected chi connectivity index (χ2v) is 9.43. The highest BCUT2D eigenvalue weighted by Gasteiger charge is 2.20. The summed E-state index contributed by atoms with van der Waals surface area (Å²) in [4.78, 5) is 6.90. The van der Waals surface area contributed by atoms with Crippen LogP contribution in [-0.4, -0.2) is 46.3 Å². The zero-order valence-electron chi connectivity index (χ0n) is 15.9. The molecule has 1 atom stereocenters. The topological polar surface area (TPSA) is 74.3 Å². The number of rotatable bonds is 6. The summed E-state index contributed by atoms with van der Waals surface area (Å²) in [5.74, 6) is 0.552. The van der Waals surface area contributed by atoms with Crippen molar-refractivity contribution in [2.75, 3.05) is 42.5 Å². The van der Waals surface area contributed by atoms with Crippen LogP contribution < -0.4 is 14.9 Å². The number of pyridine rings is 1. The number of benzene rings is 1. The first-order chi connectivity index (χ1) is 13.3. The Bertz CT molecular complexity index is 932. The van der Waals surface area contributed by atoms with E-state index in [2.05, 4.69) is 35.9 Å². The van der Waals surface area contributed by atoms with Gasteiger partial charge in [-0.25, -0.2) is 13.4 Å². The van der Waals surface area contributed by atoms with Gasteiger partial charge in [-0.3, -0.25) is 9.11 Å². The van der Waals surface area contributed by atoms with E-state index in [0.717, 1.165) is 42.0 Å². The van der Waals surface area contributed by atoms with Gasteiger partial charge in [-0.2, -0.15) is 0 Å². The van der Waals surface area contributed by atoms with Crippen molar-refractivity contribution < 1.29 is 12.8 Å². The van der Waals surface area contributed by atoms with E-state index >= 15 is 0 Å². The average Bonchev–Trinajstić information content (AvgIpc) is 2.70.